The number of nitrogens with two attached hydrogens (primary N) is 1. The highest BCUT2D eigenvalue weighted by Gasteiger charge is 2.43. The lowest BCUT2D eigenvalue weighted by Crippen LogP contribution is -2.19. The van der Waals surface area contributed by atoms with Gasteiger partial charge >= 0.3 is 6.11 Å². The molecule has 0 heterocycles. The molecule has 0 amide bonds. The van der Waals surface area contributed by atoms with Gasteiger partial charge in [-0.05, 0) is 50.0 Å². The van der Waals surface area contributed by atoms with Crippen molar-refractivity contribution in [2.45, 2.75) is 45.1 Å². The number of allylic oxidation sites excluding steroid dienone is 3. The van der Waals surface area contributed by atoms with Crippen molar-refractivity contribution in [3.05, 3.63) is 53.3 Å². The molecule has 2 rings (SSSR count). The molecular weight excluding hydrogens is 296 g/mol. The zero-order valence-electron chi connectivity index (χ0n) is 13.7. The van der Waals surface area contributed by atoms with Crippen molar-refractivity contribution in [3.63, 3.8) is 0 Å². The van der Waals surface area contributed by atoms with Crippen molar-refractivity contribution in [3.8, 4) is 17.6 Å². The van der Waals surface area contributed by atoms with E-state index >= 15 is 0 Å². The predicted octanol–water partition coefficient (Wildman–Crippen LogP) is 4.52. The van der Waals surface area contributed by atoms with Crippen molar-refractivity contribution in [1.82, 2.24) is 0 Å². The van der Waals surface area contributed by atoms with E-state index in [-0.39, 0.29) is 11.2 Å². The Morgan fingerprint density at radius 2 is 1.83 bits per heavy atom. The summed E-state index contributed by atoms with van der Waals surface area (Å²) in [6.45, 7) is 8.28. The lowest BCUT2D eigenvalue weighted by atomic mass is 9.95. The van der Waals surface area contributed by atoms with Gasteiger partial charge in [-0.1, -0.05) is 30.6 Å². The second-order valence-electron chi connectivity index (χ2n) is 6.10. The zero-order chi connectivity index (χ0) is 17.3. The van der Waals surface area contributed by atoms with Crippen LogP contribution in [0.5, 0.6) is 5.75 Å². The Bertz CT molecular complexity index is 692. The third-order valence-electron chi connectivity index (χ3n) is 3.70. The van der Waals surface area contributed by atoms with Gasteiger partial charge in [0.1, 0.15) is 5.75 Å². The quantitative estimate of drug-likeness (QED) is 0.654. The number of benzene rings is 1. The molecule has 4 heteroatoms. The van der Waals surface area contributed by atoms with E-state index < -0.39 is 6.11 Å². The molecule has 1 aliphatic rings. The largest absolute Gasteiger partial charge is 0.433 e. The van der Waals surface area contributed by atoms with Crippen LogP contribution in [-0.4, -0.2) is 6.11 Å². The lowest BCUT2D eigenvalue weighted by Gasteiger charge is -2.14. The smallest absolute Gasteiger partial charge is 0.394 e. The molecule has 122 valence electrons. The Hall–Kier alpha value is -2.28. The first kappa shape index (κ1) is 17.1. The Morgan fingerprint density at radius 1 is 1.26 bits per heavy atom. The predicted molar refractivity (Wildman–Crippen MR) is 88.1 cm³/mol. The third kappa shape index (κ3) is 4.35. The van der Waals surface area contributed by atoms with E-state index in [9.17, 15) is 8.78 Å². The normalized spacial score (nSPS) is 16.7. The molecule has 0 unspecified atom stereocenters. The van der Waals surface area contributed by atoms with Gasteiger partial charge in [-0.15, -0.1) is 0 Å². The fourth-order valence-electron chi connectivity index (χ4n) is 2.38. The molecule has 0 bridgehead atoms. The second kappa shape index (κ2) is 6.08. The fraction of sp³-hybridized carbons (Fsp3) is 0.368. The first-order chi connectivity index (χ1) is 10.6. The van der Waals surface area contributed by atoms with E-state index in [1.807, 2.05) is 6.92 Å². The van der Waals surface area contributed by atoms with Crippen LogP contribution in [0.3, 0.4) is 0 Å². The maximum absolute atomic E-state index is 12.8. The number of alkyl halides is 2. The minimum atomic E-state index is -3.18. The van der Waals surface area contributed by atoms with Gasteiger partial charge in [-0.3, -0.25) is 0 Å². The minimum Gasteiger partial charge on any atom is -0.433 e. The summed E-state index contributed by atoms with van der Waals surface area (Å²) in [6, 6.07) is 6.70. The van der Waals surface area contributed by atoms with Crippen LogP contribution in [0.2, 0.25) is 0 Å². The molecule has 0 atom stereocenters. The van der Waals surface area contributed by atoms with Gasteiger partial charge in [0.15, 0.2) is 0 Å². The topological polar surface area (TPSA) is 35.2 Å². The average molecular weight is 317 g/mol. The Kier molecular flexibility index (Phi) is 4.51. The third-order valence-corrected chi connectivity index (χ3v) is 3.70. The van der Waals surface area contributed by atoms with Crippen molar-refractivity contribution < 1.29 is 13.5 Å². The molecule has 0 saturated heterocycles. The molecule has 2 nitrogen and oxygen atoms in total. The standard InChI is InChI=1S/C19H21F2NO/c1-13(2)17(14(3)22)9-10-19(11-12-19)15-5-7-16(8-6-15)23-18(4,20)21/h5-8H,1,11-12,22H2,2-4H3/b17-14+. The highest BCUT2D eigenvalue weighted by molar-refractivity contribution is 5.51. The zero-order valence-corrected chi connectivity index (χ0v) is 13.7. The Morgan fingerprint density at radius 3 is 2.22 bits per heavy atom. The number of halogens is 2. The van der Waals surface area contributed by atoms with Crippen LogP contribution in [0.4, 0.5) is 8.78 Å². The molecule has 0 radical (unpaired) electrons. The summed E-state index contributed by atoms with van der Waals surface area (Å²) >= 11 is 0. The maximum atomic E-state index is 12.8. The van der Waals surface area contributed by atoms with Gasteiger partial charge < -0.3 is 10.5 Å². The van der Waals surface area contributed by atoms with Crippen molar-refractivity contribution in [1.29, 1.82) is 0 Å². The SMILES string of the molecule is C=C(C)/C(C#CC1(c2ccc(OC(C)(F)F)cc2)CC1)=C(\C)N. The molecule has 0 spiro atoms. The second-order valence-corrected chi connectivity index (χ2v) is 6.10. The lowest BCUT2D eigenvalue weighted by molar-refractivity contribution is -0.158. The molecular formula is C19H21F2NO. The van der Waals surface area contributed by atoms with E-state index in [0.29, 0.717) is 5.70 Å². The summed E-state index contributed by atoms with van der Waals surface area (Å²) < 4.78 is 30.2. The number of hydrogen-bond acceptors (Lipinski definition) is 2. The van der Waals surface area contributed by atoms with Gasteiger partial charge in [0.05, 0.1) is 5.41 Å². The van der Waals surface area contributed by atoms with Gasteiger partial charge in [0.2, 0.25) is 0 Å². The molecule has 1 aromatic rings. The highest BCUT2D eigenvalue weighted by atomic mass is 19.3. The fourth-order valence-corrected chi connectivity index (χ4v) is 2.38. The van der Waals surface area contributed by atoms with E-state index in [1.54, 1.807) is 31.2 Å². The molecule has 1 saturated carbocycles. The molecule has 1 aliphatic carbocycles. The molecule has 2 N–H and O–H groups in total. The van der Waals surface area contributed by atoms with E-state index in [4.69, 9.17) is 5.73 Å². The van der Waals surface area contributed by atoms with Crippen LogP contribution < -0.4 is 10.5 Å². The van der Waals surface area contributed by atoms with E-state index in [1.165, 1.54) is 0 Å². The van der Waals surface area contributed by atoms with Crippen LogP contribution >= 0.6 is 0 Å². The van der Waals surface area contributed by atoms with Gasteiger partial charge in [-0.25, -0.2) is 0 Å². The first-order valence-electron chi connectivity index (χ1n) is 7.46. The number of rotatable bonds is 4. The minimum absolute atomic E-state index is 0.144. The highest BCUT2D eigenvalue weighted by Crippen LogP contribution is 2.48. The Balaban J connectivity index is 2.22. The summed E-state index contributed by atoms with van der Waals surface area (Å²) in [4.78, 5) is 0. The monoisotopic (exact) mass is 317 g/mol. The van der Waals surface area contributed by atoms with Crippen LogP contribution in [0, 0.1) is 11.8 Å². The van der Waals surface area contributed by atoms with Gasteiger partial charge in [0.25, 0.3) is 0 Å². The van der Waals surface area contributed by atoms with E-state index in [2.05, 4.69) is 23.2 Å². The summed E-state index contributed by atoms with van der Waals surface area (Å²) in [5, 5.41) is 0. The summed E-state index contributed by atoms with van der Waals surface area (Å²) in [5.41, 5.74) is 8.87. The molecule has 23 heavy (non-hydrogen) atoms. The average Bonchev–Trinajstić information content (AvgIpc) is 3.18. The van der Waals surface area contributed by atoms with Gasteiger partial charge in [0, 0.05) is 18.2 Å². The van der Waals surface area contributed by atoms with Crippen molar-refractivity contribution >= 4 is 0 Å². The number of hydrogen-bond donors (Lipinski definition) is 1. The Labute approximate surface area is 136 Å². The van der Waals surface area contributed by atoms with Gasteiger partial charge in [-0.2, -0.15) is 8.78 Å². The number of ether oxygens (including phenoxy) is 1. The maximum Gasteiger partial charge on any atom is 0.394 e. The summed E-state index contributed by atoms with van der Waals surface area (Å²) in [5.74, 6) is 6.55. The van der Waals surface area contributed by atoms with Crippen LogP contribution in [0.25, 0.3) is 0 Å². The molecule has 0 aliphatic heterocycles. The first-order valence-corrected chi connectivity index (χ1v) is 7.46. The van der Waals surface area contributed by atoms with Crippen molar-refractivity contribution in [2.24, 2.45) is 5.73 Å². The molecule has 1 aromatic carbocycles. The van der Waals surface area contributed by atoms with Crippen LogP contribution in [0.1, 0.15) is 39.2 Å². The van der Waals surface area contributed by atoms with Crippen molar-refractivity contribution in [2.75, 3.05) is 0 Å². The van der Waals surface area contributed by atoms with Crippen LogP contribution in [-0.2, 0) is 5.41 Å². The van der Waals surface area contributed by atoms with E-state index in [0.717, 1.165) is 36.5 Å². The summed E-state index contributed by atoms with van der Waals surface area (Å²) in [7, 11) is 0. The van der Waals surface area contributed by atoms with Crippen LogP contribution in [0.15, 0.2) is 47.7 Å². The molecule has 1 fully saturated rings. The summed E-state index contributed by atoms with van der Waals surface area (Å²) in [6.07, 6.45) is -1.30. The molecule has 0 aromatic heterocycles.